The Balaban J connectivity index is 2.31. The number of thiocarbonyl (C=S) groups is 1. The maximum absolute atomic E-state index is 12.4. The van der Waals surface area contributed by atoms with Gasteiger partial charge in [0.2, 0.25) is 0 Å². The zero-order valence-electron chi connectivity index (χ0n) is 11.0. The number of nitrogens with one attached hydrogen (secondary N) is 1. The smallest absolute Gasteiger partial charge is 0.327 e. The van der Waals surface area contributed by atoms with Crippen LogP contribution in [0.25, 0.3) is 6.08 Å². The fourth-order valence-corrected chi connectivity index (χ4v) is 3.31. The summed E-state index contributed by atoms with van der Waals surface area (Å²) >= 11 is 6.29. The molecule has 7 heteroatoms. The second-order valence-corrected chi connectivity index (χ2v) is 6.38. The van der Waals surface area contributed by atoms with E-state index in [0.29, 0.717) is 4.91 Å². The van der Waals surface area contributed by atoms with E-state index in [9.17, 15) is 14.7 Å². The van der Waals surface area contributed by atoms with E-state index in [4.69, 9.17) is 12.2 Å². The number of hydrogen-bond acceptors (Lipinski definition) is 4. The highest BCUT2D eigenvalue weighted by Gasteiger charge is 2.41. The summed E-state index contributed by atoms with van der Waals surface area (Å²) in [5.74, 6) is -1.62. The zero-order valence-corrected chi connectivity index (χ0v) is 12.6. The van der Waals surface area contributed by atoms with E-state index < -0.39 is 12.0 Å². The lowest BCUT2D eigenvalue weighted by molar-refractivity contribution is -0.146. The second kappa shape index (κ2) is 5.80. The van der Waals surface area contributed by atoms with Gasteiger partial charge >= 0.3 is 5.97 Å². The summed E-state index contributed by atoms with van der Waals surface area (Å²) in [6.45, 7) is 3.51. The lowest BCUT2D eigenvalue weighted by Gasteiger charge is -2.26. The van der Waals surface area contributed by atoms with Crippen molar-refractivity contribution >= 4 is 46.3 Å². The number of aliphatic carboxylic acids is 1. The van der Waals surface area contributed by atoms with Gasteiger partial charge in [0.05, 0.1) is 4.91 Å². The molecule has 1 aromatic heterocycles. The van der Waals surface area contributed by atoms with Crippen LogP contribution in [0.4, 0.5) is 0 Å². The van der Waals surface area contributed by atoms with Gasteiger partial charge in [-0.3, -0.25) is 9.69 Å². The molecule has 0 spiro atoms. The quantitative estimate of drug-likeness (QED) is 0.659. The largest absolute Gasteiger partial charge is 0.480 e. The van der Waals surface area contributed by atoms with Crippen molar-refractivity contribution < 1.29 is 14.7 Å². The third kappa shape index (κ3) is 2.78. The Labute approximate surface area is 126 Å². The predicted molar refractivity (Wildman–Crippen MR) is 82.1 cm³/mol. The summed E-state index contributed by atoms with van der Waals surface area (Å²) in [5, 5.41) is 9.29. The number of rotatable bonds is 4. The van der Waals surface area contributed by atoms with Gasteiger partial charge in [-0.05, 0) is 24.1 Å². The van der Waals surface area contributed by atoms with Crippen molar-refractivity contribution in [2.75, 3.05) is 0 Å². The van der Waals surface area contributed by atoms with Crippen molar-refractivity contribution in [3.05, 3.63) is 28.9 Å². The molecule has 0 bridgehead atoms. The summed E-state index contributed by atoms with van der Waals surface area (Å²) in [5.41, 5.74) is 0.780. The molecule has 1 aliphatic heterocycles. The molecule has 1 atom stereocenters. The molecule has 0 aliphatic carbocycles. The highest BCUT2D eigenvalue weighted by Crippen LogP contribution is 2.35. The Hall–Kier alpha value is -1.60. The molecule has 2 heterocycles. The molecule has 20 heavy (non-hydrogen) atoms. The topological polar surface area (TPSA) is 73.4 Å². The van der Waals surface area contributed by atoms with Crippen LogP contribution in [0.1, 0.15) is 19.5 Å². The summed E-state index contributed by atoms with van der Waals surface area (Å²) < 4.78 is 0.286. The number of aromatic amines is 1. The summed E-state index contributed by atoms with van der Waals surface area (Å²) in [4.78, 5) is 28.3. The minimum Gasteiger partial charge on any atom is -0.480 e. The van der Waals surface area contributed by atoms with Crippen LogP contribution in [0, 0.1) is 5.92 Å². The van der Waals surface area contributed by atoms with Crippen LogP contribution in [0.15, 0.2) is 23.2 Å². The SMILES string of the molecule is CC(C)C(C(=O)O)N1C(=O)C(=Cc2ccc[nH]2)SC1=S. The number of amides is 1. The van der Waals surface area contributed by atoms with Crippen LogP contribution in [-0.2, 0) is 9.59 Å². The molecule has 1 aliphatic rings. The molecular weight excluding hydrogens is 296 g/mol. The summed E-state index contributed by atoms with van der Waals surface area (Å²) in [6, 6.07) is 2.71. The van der Waals surface area contributed by atoms with Crippen molar-refractivity contribution in [2.45, 2.75) is 19.9 Å². The maximum atomic E-state index is 12.4. The van der Waals surface area contributed by atoms with Gasteiger partial charge in [-0.25, -0.2) is 4.79 Å². The Morgan fingerprint density at radius 3 is 2.75 bits per heavy atom. The van der Waals surface area contributed by atoms with Crippen LogP contribution in [0.3, 0.4) is 0 Å². The van der Waals surface area contributed by atoms with E-state index in [-0.39, 0.29) is 16.1 Å². The van der Waals surface area contributed by atoms with Crippen molar-refractivity contribution in [1.29, 1.82) is 0 Å². The summed E-state index contributed by atoms with van der Waals surface area (Å²) in [7, 11) is 0. The minimum absolute atomic E-state index is 0.222. The number of aromatic nitrogens is 1. The molecule has 106 valence electrons. The van der Waals surface area contributed by atoms with Gasteiger partial charge in [-0.15, -0.1) is 0 Å². The molecule has 5 nitrogen and oxygen atoms in total. The number of carbonyl (C=O) groups is 2. The lowest BCUT2D eigenvalue weighted by atomic mass is 10.0. The van der Waals surface area contributed by atoms with Crippen LogP contribution < -0.4 is 0 Å². The van der Waals surface area contributed by atoms with Crippen LogP contribution in [0.2, 0.25) is 0 Å². The molecule has 1 unspecified atom stereocenters. The fourth-order valence-electron chi connectivity index (χ4n) is 1.99. The summed E-state index contributed by atoms with van der Waals surface area (Å²) in [6.07, 6.45) is 3.43. The third-order valence-corrected chi connectivity index (χ3v) is 4.23. The third-order valence-electron chi connectivity index (χ3n) is 2.89. The number of hydrogen-bond donors (Lipinski definition) is 2. The zero-order chi connectivity index (χ0) is 14.9. The van der Waals surface area contributed by atoms with Gasteiger partial charge in [0.1, 0.15) is 10.4 Å². The Kier molecular flexibility index (Phi) is 4.29. The maximum Gasteiger partial charge on any atom is 0.327 e. The van der Waals surface area contributed by atoms with Gasteiger partial charge in [0.25, 0.3) is 5.91 Å². The van der Waals surface area contributed by atoms with E-state index in [2.05, 4.69) is 4.98 Å². The number of H-pyrrole nitrogens is 1. The van der Waals surface area contributed by atoms with Crippen molar-refractivity contribution in [2.24, 2.45) is 5.92 Å². The van der Waals surface area contributed by atoms with E-state index in [0.717, 1.165) is 17.5 Å². The first-order valence-corrected chi connectivity index (χ1v) is 7.27. The van der Waals surface area contributed by atoms with Crippen LogP contribution >= 0.6 is 24.0 Å². The predicted octanol–water partition coefficient (Wildman–Crippen LogP) is 2.33. The van der Waals surface area contributed by atoms with Crippen LogP contribution in [-0.4, -0.2) is 37.2 Å². The number of thioether (sulfide) groups is 1. The normalized spacial score (nSPS) is 19.1. The van der Waals surface area contributed by atoms with Crippen molar-refractivity contribution in [3.8, 4) is 0 Å². The number of carboxylic acid groups (broad SMARTS) is 1. The van der Waals surface area contributed by atoms with Gasteiger partial charge < -0.3 is 10.1 Å². The monoisotopic (exact) mass is 310 g/mol. The van der Waals surface area contributed by atoms with Crippen LogP contribution in [0.5, 0.6) is 0 Å². The van der Waals surface area contributed by atoms with Gasteiger partial charge in [-0.2, -0.15) is 0 Å². The number of nitrogens with zero attached hydrogens (tertiary/aromatic N) is 1. The molecule has 2 rings (SSSR count). The second-order valence-electron chi connectivity index (χ2n) is 4.70. The number of carbonyl (C=O) groups excluding carboxylic acids is 1. The Morgan fingerprint density at radius 2 is 2.25 bits per heavy atom. The fraction of sp³-hybridized carbons (Fsp3) is 0.308. The molecule has 1 fully saturated rings. The van der Waals surface area contributed by atoms with Crippen molar-refractivity contribution in [1.82, 2.24) is 9.88 Å². The van der Waals surface area contributed by atoms with Gasteiger partial charge in [0.15, 0.2) is 0 Å². The van der Waals surface area contributed by atoms with E-state index in [1.807, 2.05) is 12.1 Å². The average molecular weight is 310 g/mol. The molecular formula is C13H14N2O3S2. The molecule has 0 radical (unpaired) electrons. The Morgan fingerprint density at radius 1 is 1.55 bits per heavy atom. The average Bonchev–Trinajstić information content (AvgIpc) is 2.93. The van der Waals surface area contributed by atoms with Gasteiger partial charge in [0, 0.05) is 11.9 Å². The minimum atomic E-state index is -1.04. The first-order valence-electron chi connectivity index (χ1n) is 6.05. The first kappa shape index (κ1) is 14.8. The molecule has 1 saturated heterocycles. The molecule has 0 saturated carbocycles. The molecule has 1 amide bonds. The molecule has 2 N–H and O–H groups in total. The highest BCUT2D eigenvalue weighted by molar-refractivity contribution is 8.26. The Bertz CT molecular complexity index is 578. The van der Waals surface area contributed by atoms with E-state index in [1.165, 1.54) is 4.90 Å². The van der Waals surface area contributed by atoms with Gasteiger partial charge in [-0.1, -0.05) is 37.8 Å². The first-order chi connectivity index (χ1) is 9.41. The molecule has 0 aromatic carbocycles. The lowest BCUT2D eigenvalue weighted by Crippen LogP contribution is -2.47. The van der Waals surface area contributed by atoms with E-state index in [1.54, 1.807) is 26.1 Å². The van der Waals surface area contributed by atoms with E-state index >= 15 is 0 Å². The number of carboxylic acids is 1. The molecule has 1 aromatic rings. The van der Waals surface area contributed by atoms with Crippen molar-refractivity contribution in [3.63, 3.8) is 0 Å². The standard InChI is InChI=1S/C13H14N2O3S2/c1-7(2)10(12(17)18)15-11(16)9(20-13(15)19)6-8-4-3-5-14-8/h3-7,10,14H,1-2H3,(H,17,18). The highest BCUT2D eigenvalue weighted by atomic mass is 32.2.